The summed E-state index contributed by atoms with van der Waals surface area (Å²) in [5.41, 5.74) is 0.436. The molecule has 0 heterocycles. The van der Waals surface area contributed by atoms with E-state index >= 15 is 0 Å². The van der Waals surface area contributed by atoms with E-state index in [4.69, 9.17) is 4.74 Å². The fraction of sp³-hybridized carbons (Fsp3) is 0.0769. The van der Waals surface area contributed by atoms with E-state index < -0.39 is 23.2 Å². The fourth-order valence-electron chi connectivity index (χ4n) is 1.42. The largest absolute Gasteiger partial charge is 0.448 e. The number of hydrogen-bond acceptors (Lipinski definition) is 1. The zero-order valence-corrected chi connectivity index (χ0v) is 10.7. The molecule has 0 N–H and O–H groups in total. The molecule has 0 unspecified atom stereocenters. The highest BCUT2D eigenvalue weighted by Crippen LogP contribution is 2.30. The Balaban J connectivity index is 2.38. The van der Waals surface area contributed by atoms with Gasteiger partial charge in [-0.3, -0.25) is 0 Å². The Bertz CT molecular complexity index is 549. The van der Waals surface area contributed by atoms with Gasteiger partial charge in [0.15, 0.2) is 29.0 Å². The molecule has 0 aliphatic rings. The van der Waals surface area contributed by atoms with Gasteiger partial charge in [-0.1, -0.05) is 28.1 Å². The average Bonchev–Trinajstić information content (AvgIpc) is 2.35. The van der Waals surface area contributed by atoms with Gasteiger partial charge < -0.3 is 4.74 Å². The number of benzene rings is 2. The van der Waals surface area contributed by atoms with E-state index in [1.54, 1.807) is 0 Å². The van der Waals surface area contributed by atoms with Gasteiger partial charge in [0.1, 0.15) is 0 Å². The standard InChI is InChI=1S/C13H8BrF3O/c14-7-8-5-10(16)13(11(17)6-8)18-12-4-2-1-3-9(12)15/h1-6H,7H2. The summed E-state index contributed by atoms with van der Waals surface area (Å²) in [5, 5.41) is 0.320. The minimum absolute atomic E-state index is 0.220. The summed E-state index contributed by atoms with van der Waals surface area (Å²) in [5.74, 6) is -3.24. The number of hydrogen-bond donors (Lipinski definition) is 0. The zero-order valence-electron chi connectivity index (χ0n) is 9.09. The molecule has 0 bridgehead atoms. The van der Waals surface area contributed by atoms with Crippen LogP contribution in [0.15, 0.2) is 36.4 Å². The molecule has 1 nitrogen and oxygen atoms in total. The lowest BCUT2D eigenvalue weighted by Crippen LogP contribution is -1.96. The molecule has 0 aliphatic carbocycles. The van der Waals surface area contributed by atoms with Gasteiger partial charge in [-0.15, -0.1) is 0 Å². The first-order chi connectivity index (χ1) is 8.61. The summed E-state index contributed by atoms with van der Waals surface area (Å²) in [6, 6.07) is 7.69. The lowest BCUT2D eigenvalue weighted by molar-refractivity contribution is 0.387. The molecule has 18 heavy (non-hydrogen) atoms. The van der Waals surface area contributed by atoms with E-state index in [1.165, 1.54) is 18.2 Å². The fourth-order valence-corrected chi connectivity index (χ4v) is 1.75. The van der Waals surface area contributed by atoms with E-state index in [0.717, 1.165) is 18.2 Å². The topological polar surface area (TPSA) is 9.23 Å². The maximum absolute atomic E-state index is 13.6. The molecule has 94 valence electrons. The van der Waals surface area contributed by atoms with Crippen LogP contribution in [0, 0.1) is 17.5 Å². The minimum atomic E-state index is -0.868. The van der Waals surface area contributed by atoms with Crippen molar-refractivity contribution in [3.05, 3.63) is 59.4 Å². The molecule has 0 spiro atoms. The Morgan fingerprint density at radius 3 is 2.11 bits per heavy atom. The molecule has 2 rings (SSSR count). The van der Waals surface area contributed by atoms with Crippen LogP contribution < -0.4 is 4.74 Å². The molecule has 0 radical (unpaired) electrons. The van der Waals surface area contributed by atoms with Crippen LogP contribution in [-0.2, 0) is 5.33 Å². The highest BCUT2D eigenvalue weighted by Gasteiger charge is 2.15. The van der Waals surface area contributed by atoms with E-state index in [2.05, 4.69) is 15.9 Å². The highest BCUT2D eigenvalue weighted by atomic mass is 79.9. The van der Waals surface area contributed by atoms with Crippen LogP contribution in [0.3, 0.4) is 0 Å². The first-order valence-corrected chi connectivity index (χ1v) is 6.20. The summed E-state index contributed by atoms with van der Waals surface area (Å²) in [6.07, 6.45) is 0. The lowest BCUT2D eigenvalue weighted by Gasteiger charge is -2.09. The van der Waals surface area contributed by atoms with Gasteiger partial charge in [0.2, 0.25) is 0 Å². The summed E-state index contributed by atoms with van der Waals surface area (Å²) in [4.78, 5) is 0. The van der Waals surface area contributed by atoms with Crippen LogP contribution in [0.2, 0.25) is 0 Å². The monoisotopic (exact) mass is 316 g/mol. The van der Waals surface area contributed by atoms with Crippen LogP contribution in [0.4, 0.5) is 13.2 Å². The van der Waals surface area contributed by atoms with Gasteiger partial charge in [0.05, 0.1) is 0 Å². The minimum Gasteiger partial charge on any atom is -0.448 e. The van der Waals surface area contributed by atoms with Gasteiger partial charge in [0.25, 0.3) is 0 Å². The van der Waals surface area contributed by atoms with Crippen molar-refractivity contribution in [3.63, 3.8) is 0 Å². The molecule has 0 atom stereocenters. The number of rotatable bonds is 3. The molecule has 0 aliphatic heterocycles. The van der Waals surface area contributed by atoms with E-state index in [1.807, 2.05) is 0 Å². The Labute approximate surface area is 110 Å². The van der Waals surface area contributed by atoms with Crippen LogP contribution in [-0.4, -0.2) is 0 Å². The molecule has 2 aromatic carbocycles. The normalized spacial score (nSPS) is 10.4. The lowest BCUT2D eigenvalue weighted by atomic mass is 10.2. The van der Waals surface area contributed by atoms with Crippen LogP contribution in [0.1, 0.15) is 5.56 Å². The summed E-state index contributed by atoms with van der Waals surface area (Å²) < 4.78 is 45.5. The van der Waals surface area contributed by atoms with Crippen molar-refractivity contribution in [1.29, 1.82) is 0 Å². The molecule has 0 fully saturated rings. The summed E-state index contributed by atoms with van der Waals surface area (Å²) in [6.45, 7) is 0. The molecule has 5 heteroatoms. The second-order valence-electron chi connectivity index (χ2n) is 3.55. The Kier molecular flexibility index (Phi) is 3.91. The Morgan fingerprint density at radius 1 is 0.944 bits per heavy atom. The van der Waals surface area contributed by atoms with Gasteiger partial charge in [-0.2, -0.15) is 0 Å². The van der Waals surface area contributed by atoms with Crippen molar-refractivity contribution in [2.45, 2.75) is 5.33 Å². The predicted octanol–water partition coefficient (Wildman–Crippen LogP) is 4.79. The summed E-state index contributed by atoms with van der Waals surface area (Å²) >= 11 is 3.09. The Morgan fingerprint density at radius 2 is 1.56 bits per heavy atom. The quantitative estimate of drug-likeness (QED) is 0.740. The SMILES string of the molecule is Fc1ccccc1Oc1c(F)cc(CBr)cc1F. The molecular weight excluding hydrogens is 309 g/mol. The third kappa shape index (κ3) is 2.67. The first kappa shape index (κ1) is 13.0. The average molecular weight is 317 g/mol. The second-order valence-corrected chi connectivity index (χ2v) is 4.12. The molecule has 0 aromatic heterocycles. The molecule has 0 saturated carbocycles. The second kappa shape index (κ2) is 5.44. The predicted molar refractivity (Wildman–Crippen MR) is 65.5 cm³/mol. The highest BCUT2D eigenvalue weighted by molar-refractivity contribution is 9.08. The third-order valence-electron chi connectivity index (χ3n) is 2.26. The van der Waals surface area contributed by atoms with Gasteiger partial charge in [-0.25, -0.2) is 13.2 Å². The van der Waals surface area contributed by atoms with E-state index in [0.29, 0.717) is 10.9 Å². The van der Waals surface area contributed by atoms with Crippen molar-refractivity contribution >= 4 is 15.9 Å². The number of alkyl halides is 1. The van der Waals surface area contributed by atoms with Gasteiger partial charge in [0, 0.05) is 5.33 Å². The number of para-hydroxylation sites is 1. The molecular formula is C13H8BrF3O. The van der Waals surface area contributed by atoms with Crippen molar-refractivity contribution in [1.82, 2.24) is 0 Å². The van der Waals surface area contributed by atoms with Crippen LogP contribution in [0.25, 0.3) is 0 Å². The van der Waals surface area contributed by atoms with Crippen LogP contribution in [0.5, 0.6) is 11.5 Å². The Hall–Kier alpha value is -1.49. The van der Waals surface area contributed by atoms with Crippen LogP contribution >= 0.6 is 15.9 Å². The van der Waals surface area contributed by atoms with E-state index in [9.17, 15) is 13.2 Å². The zero-order chi connectivity index (χ0) is 13.1. The van der Waals surface area contributed by atoms with Crippen molar-refractivity contribution in [2.24, 2.45) is 0 Å². The molecule has 0 saturated heterocycles. The third-order valence-corrected chi connectivity index (χ3v) is 2.91. The van der Waals surface area contributed by atoms with E-state index in [-0.39, 0.29) is 5.75 Å². The maximum atomic E-state index is 13.6. The number of ether oxygens (including phenoxy) is 1. The molecule has 0 amide bonds. The van der Waals surface area contributed by atoms with Gasteiger partial charge >= 0.3 is 0 Å². The summed E-state index contributed by atoms with van der Waals surface area (Å²) in [7, 11) is 0. The molecule has 2 aromatic rings. The maximum Gasteiger partial charge on any atom is 0.198 e. The number of halogens is 4. The van der Waals surface area contributed by atoms with Crippen molar-refractivity contribution in [2.75, 3.05) is 0 Å². The smallest absolute Gasteiger partial charge is 0.198 e. The van der Waals surface area contributed by atoms with Crippen molar-refractivity contribution in [3.8, 4) is 11.5 Å². The van der Waals surface area contributed by atoms with Gasteiger partial charge in [-0.05, 0) is 29.8 Å². The first-order valence-electron chi connectivity index (χ1n) is 5.08. The van der Waals surface area contributed by atoms with Crippen molar-refractivity contribution < 1.29 is 17.9 Å².